The molecule has 6 aromatic rings. The van der Waals surface area contributed by atoms with Crippen LogP contribution in [-0.4, -0.2) is 25.0 Å². The van der Waals surface area contributed by atoms with E-state index in [0.717, 1.165) is 33.4 Å². The molecule has 0 atom stereocenters. The number of hydrogen-bond donors (Lipinski definition) is 0. The molecular weight excluding hydrogens is 505 g/mol. The molecule has 0 aliphatic rings. The molecule has 4 aromatic carbocycles. The van der Waals surface area contributed by atoms with E-state index in [1.165, 1.54) is 0 Å². The van der Waals surface area contributed by atoms with E-state index in [1.807, 2.05) is 103 Å². The number of benzene rings is 4. The van der Waals surface area contributed by atoms with Gasteiger partial charge in [0, 0.05) is 26.6 Å². The quantitative estimate of drug-likeness (QED) is 0.227. The molecule has 0 N–H and O–H groups in total. The Kier molecular flexibility index (Phi) is 6.26. The number of hydrogen-bond acceptors (Lipinski definition) is 5. The molecule has 6 rings (SSSR count). The van der Waals surface area contributed by atoms with E-state index in [9.17, 15) is 0 Å². The zero-order valence-corrected chi connectivity index (χ0v) is 20.9. The number of ether oxygens (including phenoxy) is 1. The SMILES string of the molecule is Clc1ccc(-n2cc(COc3ccc(-c4nc(-c5ccccc5)c5cc(Cl)ccc5n4)cc3)nn2)cc1. The average Bonchev–Trinajstić information content (AvgIpc) is 3.42. The second-order valence-corrected chi connectivity index (χ2v) is 9.24. The summed E-state index contributed by atoms with van der Waals surface area (Å²) in [5.41, 5.74) is 5.15. The van der Waals surface area contributed by atoms with Gasteiger partial charge >= 0.3 is 0 Å². The minimum absolute atomic E-state index is 0.290. The Hall–Kier alpha value is -4.26. The summed E-state index contributed by atoms with van der Waals surface area (Å²) in [5.74, 6) is 1.34. The number of nitrogens with zero attached hydrogens (tertiary/aromatic N) is 5. The summed E-state index contributed by atoms with van der Waals surface area (Å²) in [7, 11) is 0. The first-order valence-electron chi connectivity index (χ1n) is 11.6. The maximum absolute atomic E-state index is 6.28. The van der Waals surface area contributed by atoms with Gasteiger partial charge in [-0.2, -0.15) is 0 Å². The second kappa shape index (κ2) is 10.0. The molecular formula is C29H19Cl2N5O. The molecule has 0 spiro atoms. The van der Waals surface area contributed by atoms with Crippen LogP contribution in [0.15, 0.2) is 103 Å². The van der Waals surface area contributed by atoms with Gasteiger partial charge in [-0.05, 0) is 66.7 Å². The van der Waals surface area contributed by atoms with Gasteiger partial charge in [0.2, 0.25) is 0 Å². The van der Waals surface area contributed by atoms with Gasteiger partial charge in [0.25, 0.3) is 0 Å². The molecule has 2 aromatic heterocycles. The topological polar surface area (TPSA) is 65.7 Å². The molecule has 0 radical (unpaired) electrons. The average molecular weight is 524 g/mol. The van der Waals surface area contributed by atoms with Crippen molar-refractivity contribution >= 4 is 34.1 Å². The van der Waals surface area contributed by atoms with E-state index in [1.54, 1.807) is 4.68 Å². The van der Waals surface area contributed by atoms with Crippen molar-refractivity contribution < 1.29 is 4.74 Å². The van der Waals surface area contributed by atoms with Gasteiger partial charge in [0.1, 0.15) is 18.1 Å². The Morgan fingerprint density at radius 3 is 2.27 bits per heavy atom. The Labute approximate surface area is 223 Å². The summed E-state index contributed by atoms with van der Waals surface area (Å²) in [4.78, 5) is 9.70. The minimum atomic E-state index is 0.290. The van der Waals surface area contributed by atoms with Crippen LogP contribution in [0.25, 0.3) is 39.2 Å². The fourth-order valence-corrected chi connectivity index (χ4v) is 4.29. The van der Waals surface area contributed by atoms with Crippen LogP contribution in [0.4, 0.5) is 0 Å². The van der Waals surface area contributed by atoms with Gasteiger partial charge in [-0.1, -0.05) is 58.7 Å². The summed E-state index contributed by atoms with van der Waals surface area (Å²) in [6.07, 6.45) is 1.83. The van der Waals surface area contributed by atoms with Gasteiger partial charge in [0.15, 0.2) is 5.82 Å². The third-order valence-electron chi connectivity index (χ3n) is 5.84. The van der Waals surface area contributed by atoms with Crippen LogP contribution >= 0.6 is 23.2 Å². The van der Waals surface area contributed by atoms with Crippen LogP contribution < -0.4 is 4.74 Å². The van der Waals surface area contributed by atoms with Crippen molar-refractivity contribution in [3.05, 3.63) is 119 Å². The summed E-state index contributed by atoms with van der Waals surface area (Å²) in [6.45, 7) is 0.290. The monoisotopic (exact) mass is 523 g/mol. The predicted octanol–water partition coefficient (Wildman–Crippen LogP) is 7.43. The molecule has 0 amide bonds. The van der Waals surface area contributed by atoms with Crippen LogP contribution in [0, 0.1) is 0 Å². The smallest absolute Gasteiger partial charge is 0.160 e. The third kappa shape index (κ3) is 5.03. The highest BCUT2D eigenvalue weighted by Crippen LogP contribution is 2.31. The van der Waals surface area contributed by atoms with E-state index in [-0.39, 0.29) is 0 Å². The summed E-state index contributed by atoms with van der Waals surface area (Å²) >= 11 is 12.2. The van der Waals surface area contributed by atoms with E-state index in [2.05, 4.69) is 10.3 Å². The lowest BCUT2D eigenvalue weighted by molar-refractivity contribution is 0.301. The third-order valence-corrected chi connectivity index (χ3v) is 6.32. The second-order valence-electron chi connectivity index (χ2n) is 8.37. The van der Waals surface area contributed by atoms with Crippen LogP contribution in [-0.2, 0) is 6.61 Å². The molecule has 0 bridgehead atoms. The molecule has 0 saturated carbocycles. The fraction of sp³-hybridized carbons (Fsp3) is 0.0345. The van der Waals surface area contributed by atoms with Crippen LogP contribution in [0.2, 0.25) is 10.0 Å². The van der Waals surface area contributed by atoms with E-state index < -0.39 is 0 Å². The van der Waals surface area contributed by atoms with Crippen molar-refractivity contribution in [2.24, 2.45) is 0 Å². The fourth-order valence-electron chi connectivity index (χ4n) is 3.99. The highest BCUT2D eigenvalue weighted by Gasteiger charge is 2.12. The van der Waals surface area contributed by atoms with Crippen LogP contribution in [0.1, 0.15) is 5.69 Å². The van der Waals surface area contributed by atoms with Gasteiger partial charge in [-0.25, -0.2) is 14.6 Å². The van der Waals surface area contributed by atoms with E-state index in [0.29, 0.717) is 33.9 Å². The molecule has 8 heteroatoms. The van der Waals surface area contributed by atoms with Crippen molar-refractivity contribution in [2.45, 2.75) is 6.61 Å². The highest BCUT2D eigenvalue weighted by atomic mass is 35.5. The molecule has 0 aliphatic heterocycles. The van der Waals surface area contributed by atoms with Crippen molar-refractivity contribution in [1.29, 1.82) is 0 Å². The molecule has 37 heavy (non-hydrogen) atoms. The first-order chi connectivity index (χ1) is 18.1. The van der Waals surface area contributed by atoms with Gasteiger partial charge < -0.3 is 4.74 Å². The first-order valence-corrected chi connectivity index (χ1v) is 12.3. The molecule has 0 aliphatic carbocycles. The number of halogens is 2. The Morgan fingerprint density at radius 1 is 0.730 bits per heavy atom. The molecule has 0 fully saturated rings. The summed E-state index contributed by atoms with van der Waals surface area (Å²) in [6, 6.07) is 30.8. The van der Waals surface area contributed by atoms with Crippen LogP contribution in [0.5, 0.6) is 5.75 Å². The van der Waals surface area contributed by atoms with Crippen LogP contribution in [0.3, 0.4) is 0 Å². The number of aromatic nitrogens is 5. The number of rotatable bonds is 6. The zero-order valence-electron chi connectivity index (χ0n) is 19.4. The molecule has 6 nitrogen and oxygen atoms in total. The zero-order chi connectivity index (χ0) is 25.2. The lowest BCUT2D eigenvalue weighted by Crippen LogP contribution is -1.97. The van der Waals surface area contributed by atoms with Crippen molar-refractivity contribution in [3.63, 3.8) is 0 Å². The molecule has 0 saturated heterocycles. The number of fused-ring (bicyclic) bond motifs is 1. The highest BCUT2D eigenvalue weighted by molar-refractivity contribution is 6.31. The Balaban J connectivity index is 1.23. The lowest BCUT2D eigenvalue weighted by Gasteiger charge is -2.10. The molecule has 180 valence electrons. The lowest BCUT2D eigenvalue weighted by atomic mass is 10.1. The van der Waals surface area contributed by atoms with Crippen molar-refractivity contribution in [1.82, 2.24) is 25.0 Å². The van der Waals surface area contributed by atoms with Crippen molar-refractivity contribution in [2.75, 3.05) is 0 Å². The summed E-state index contributed by atoms with van der Waals surface area (Å²) in [5, 5.41) is 10.6. The largest absolute Gasteiger partial charge is 0.487 e. The standard InChI is InChI=1S/C29H19Cl2N5O/c30-21-8-11-24(12-9-21)36-17-23(34-35-36)18-37-25-13-6-20(7-14-25)29-32-27-15-10-22(31)16-26(27)28(33-29)19-4-2-1-3-5-19/h1-17H,18H2. The maximum atomic E-state index is 6.28. The summed E-state index contributed by atoms with van der Waals surface area (Å²) < 4.78 is 7.62. The van der Waals surface area contributed by atoms with Gasteiger partial charge in [-0.15, -0.1) is 5.10 Å². The molecule has 0 unspecified atom stereocenters. The van der Waals surface area contributed by atoms with Gasteiger partial charge in [-0.3, -0.25) is 0 Å². The normalized spacial score (nSPS) is 11.1. The van der Waals surface area contributed by atoms with Gasteiger partial charge in [0.05, 0.1) is 23.1 Å². The first kappa shape index (κ1) is 23.2. The van der Waals surface area contributed by atoms with Crippen molar-refractivity contribution in [3.8, 4) is 34.1 Å². The minimum Gasteiger partial charge on any atom is -0.487 e. The van der Waals surface area contributed by atoms with E-state index in [4.69, 9.17) is 37.9 Å². The Bertz CT molecular complexity index is 1680. The molecule has 2 heterocycles. The van der Waals surface area contributed by atoms with E-state index >= 15 is 0 Å². The maximum Gasteiger partial charge on any atom is 0.160 e. The Morgan fingerprint density at radius 2 is 1.49 bits per heavy atom. The predicted molar refractivity (Wildman–Crippen MR) is 146 cm³/mol.